The van der Waals surface area contributed by atoms with Crippen molar-refractivity contribution in [3.63, 3.8) is 0 Å². The van der Waals surface area contributed by atoms with Crippen LogP contribution in [0.1, 0.15) is 36.2 Å². The van der Waals surface area contributed by atoms with Crippen molar-refractivity contribution in [2.45, 2.75) is 32.4 Å². The molecular formula is C17H25NO4. The third kappa shape index (κ3) is 3.32. The molecule has 0 spiro atoms. The van der Waals surface area contributed by atoms with Gasteiger partial charge in [-0.25, -0.2) is 4.79 Å². The number of nitrogens with zero attached hydrogens (tertiary/aromatic N) is 1. The number of rotatable bonds is 5. The Kier molecular flexibility index (Phi) is 4.90. The van der Waals surface area contributed by atoms with Crippen LogP contribution in [0.15, 0.2) is 24.3 Å². The third-order valence-electron chi connectivity index (χ3n) is 4.75. The zero-order chi connectivity index (χ0) is 16.4. The smallest absolute Gasteiger partial charge is 0.336 e. The molecule has 2 rings (SSSR count). The second-order valence-electron chi connectivity index (χ2n) is 6.77. The molecule has 2 N–H and O–H groups in total. The highest BCUT2D eigenvalue weighted by molar-refractivity contribution is 5.89. The molecule has 1 fully saturated rings. The Labute approximate surface area is 131 Å². The van der Waals surface area contributed by atoms with Gasteiger partial charge in [0.1, 0.15) is 0 Å². The molecule has 0 amide bonds. The maximum atomic E-state index is 11.3. The minimum atomic E-state index is -0.900. The summed E-state index contributed by atoms with van der Waals surface area (Å²) in [5.41, 5.74) is -0.00899. The Bertz CT molecular complexity index is 543. The summed E-state index contributed by atoms with van der Waals surface area (Å²) in [4.78, 5) is 13.5. The standard InChI is InChI=1S/C17H25NO4/c1-16(2)11-18(9-8-17(16,21)12-22-3)10-13-6-4-5-7-14(13)15(19)20/h4-7,21H,8-12H2,1-3H3,(H,19,20)/t17-/m1/s1. The zero-order valence-electron chi connectivity index (χ0n) is 13.5. The minimum absolute atomic E-state index is 0.319. The van der Waals surface area contributed by atoms with Gasteiger partial charge in [-0.05, 0) is 18.1 Å². The lowest BCUT2D eigenvalue weighted by Gasteiger charge is -2.50. The molecule has 1 aromatic rings. The van der Waals surface area contributed by atoms with Crippen LogP contribution in [-0.2, 0) is 11.3 Å². The van der Waals surface area contributed by atoms with Gasteiger partial charge in [-0.3, -0.25) is 4.90 Å². The van der Waals surface area contributed by atoms with Crippen LogP contribution in [0.25, 0.3) is 0 Å². The van der Waals surface area contributed by atoms with Gasteiger partial charge in [-0.15, -0.1) is 0 Å². The molecule has 5 heteroatoms. The number of hydrogen-bond donors (Lipinski definition) is 2. The first-order valence-electron chi connectivity index (χ1n) is 7.54. The number of benzene rings is 1. The molecule has 1 aromatic carbocycles. The van der Waals surface area contributed by atoms with E-state index in [1.54, 1.807) is 19.2 Å². The van der Waals surface area contributed by atoms with Crippen LogP contribution in [0.3, 0.4) is 0 Å². The van der Waals surface area contributed by atoms with Gasteiger partial charge in [0.25, 0.3) is 0 Å². The summed E-state index contributed by atoms with van der Waals surface area (Å²) in [7, 11) is 1.60. The Morgan fingerprint density at radius 3 is 2.64 bits per heavy atom. The largest absolute Gasteiger partial charge is 0.478 e. The van der Waals surface area contributed by atoms with Gasteiger partial charge >= 0.3 is 5.97 Å². The van der Waals surface area contributed by atoms with Gasteiger partial charge in [-0.1, -0.05) is 32.0 Å². The zero-order valence-corrected chi connectivity index (χ0v) is 13.5. The van der Waals surface area contributed by atoms with Crippen LogP contribution in [-0.4, -0.2) is 53.5 Å². The van der Waals surface area contributed by atoms with Gasteiger partial charge < -0.3 is 14.9 Å². The van der Waals surface area contributed by atoms with Crippen molar-refractivity contribution in [1.29, 1.82) is 0 Å². The summed E-state index contributed by atoms with van der Waals surface area (Å²) in [5.74, 6) is -0.900. The highest BCUT2D eigenvalue weighted by Crippen LogP contribution is 2.39. The maximum Gasteiger partial charge on any atom is 0.336 e. The van der Waals surface area contributed by atoms with E-state index in [1.807, 2.05) is 26.0 Å². The average molecular weight is 307 g/mol. The monoisotopic (exact) mass is 307 g/mol. The first kappa shape index (κ1) is 16.9. The molecule has 1 atom stereocenters. The van der Waals surface area contributed by atoms with E-state index >= 15 is 0 Å². The second kappa shape index (κ2) is 6.36. The van der Waals surface area contributed by atoms with Gasteiger partial charge in [0, 0.05) is 32.2 Å². The lowest BCUT2D eigenvalue weighted by Crippen LogP contribution is -2.59. The predicted octanol–water partition coefficient (Wildman–Crippen LogP) is 1.99. The maximum absolute atomic E-state index is 11.3. The van der Waals surface area contributed by atoms with Crippen molar-refractivity contribution >= 4 is 5.97 Å². The number of ether oxygens (including phenoxy) is 1. The molecule has 1 aliphatic heterocycles. The topological polar surface area (TPSA) is 70.0 Å². The van der Waals surface area contributed by atoms with Crippen molar-refractivity contribution in [2.75, 3.05) is 26.8 Å². The van der Waals surface area contributed by atoms with Crippen molar-refractivity contribution in [3.8, 4) is 0 Å². The minimum Gasteiger partial charge on any atom is -0.478 e. The van der Waals surface area contributed by atoms with E-state index in [9.17, 15) is 15.0 Å². The number of aromatic carboxylic acids is 1. The molecule has 0 unspecified atom stereocenters. The quantitative estimate of drug-likeness (QED) is 0.870. The Balaban J connectivity index is 2.13. The average Bonchev–Trinajstić information content (AvgIpc) is 2.44. The summed E-state index contributed by atoms with van der Waals surface area (Å²) in [6, 6.07) is 7.09. The van der Waals surface area contributed by atoms with E-state index in [1.165, 1.54) is 0 Å². The van der Waals surface area contributed by atoms with Gasteiger partial charge in [0.05, 0.1) is 17.8 Å². The first-order chi connectivity index (χ1) is 10.3. The summed E-state index contributed by atoms with van der Waals surface area (Å²) in [6.07, 6.45) is 0.614. The molecule has 1 aliphatic rings. The normalized spacial score (nSPS) is 25.1. The van der Waals surface area contributed by atoms with Crippen LogP contribution >= 0.6 is 0 Å². The molecule has 0 aromatic heterocycles. The van der Waals surface area contributed by atoms with E-state index in [4.69, 9.17) is 4.74 Å². The highest BCUT2D eigenvalue weighted by Gasteiger charge is 2.47. The fourth-order valence-electron chi connectivity index (χ4n) is 3.22. The summed E-state index contributed by atoms with van der Waals surface area (Å²) in [5, 5.41) is 20.1. The number of aliphatic hydroxyl groups is 1. The highest BCUT2D eigenvalue weighted by atomic mass is 16.5. The number of likely N-dealkylation sites (tertiary alicyclic amines) is 1. The summed E-state index contributed by atoms with van der Waals surface area (Å²) in [6.45, 7) is 6.37. The van der Waals surface area contributed by atoms with Crippen LogP contribution in [0.2, 0.25) is 0 Å². The van der Waals surface area contributed by atoms with E-state index in [0.717, 1.165) is 12.1 Å². The molecular weight excluding hydrogens is 282 g/mol. The molecule has 0 radical (unpaired) electrons. The molecule has 0 aliphatic carbocycles. The Morgan fingerprint density at radius 2 is 2.05 bits per heavy atom. The van der Waals surface area contributed by atoms with Crippen LogP contribution in [0.4, 0.5) is 0 Å². The van der Waals surface area contributed by atoms with Crippen LogP contribution < -0.4 is 0 Å². The molecule has 122 valence electrons. The molecule has 0 bridgehead atoms. The molecule has 1 saturated heterocycles. The number of piperidine rings is 1. The van der Waals surface area contributed by atoms with Gasteiger partial charge in [-0.2, -0.15) is 0 Å². The predicted molar refractivity (Wildman–Crippen MR) is 83.9 cm³/mol. The number of carboxylic acid groups (broad SMARTS) is 1. The van der Waals surface area contributed by atoms with E-state index in [-0.39, 0.29) is 5.41 Å². The summed E-state index contributed by atoms with van der Waals surface area (Å²) >= 11 is 0. The molecule has 0 saturated carbocycles. The van der Waals surface area contributed by atoms with Crippen LogP contribution in [0.5, 0.6) is 0 Å². The number of methoxy groups -OCH3 is 1. The van der Waals surface area contributed by atoms with E-state index < -0.39 is 11.6 Å². The Morgan fingerprint density at radius 1 is 1.36 bits per heavy atom. The molecule has 1 heterocycles. The van der Waals surface area contributed by atoms with Crippen molar-refractivity contribution in [3.05, 3.63) is 35.4 Å². The fraction of sp³-hybridized carbons (Fsp3) is 0.588. The van der Waals surface area contributed by atoms with Crippen LogP contribution in [0, 0.1) is 5.41 Å². The second-order valence-corrected chi connectivity index (χ2v) is 6.77. The van der Waals surface area contributed by atoms with Crippen molar-refractivity contribution < 1.29 is 19.7 Å². The Hall–Kier alpha value is -1.43. The van der Waals surface area contributed by atoms with Crippen molar-refractivity contribution in [2.24, 2.45) is 5.41 Å². The number of carbonyl (C=O) groups is 1. The lowest BCUT2D eigenvalue weighted by molar-refractivity contribution is -0.151. The van der Waals surface area contributed by atoms with Crippen molar-refractivity contribution in [1.82, 2.24) is 4.90 Å². The third-order valence-corrected chi connectivity index (χ3v) is 4.75. The van der Waals surface area contributed by atoms with E-state index in [0.29, 0.717) is 31.7 Å². The fourth-order valence-corrected chi connectivity index (χ4v) is 3.22. The summed E-state index contributed by atoms with van der Waals surface area (Å²) < 4.78 is 5.18. The van der Waals surface area contributed by atoms with E-state index in [2.05, 4.69) is 4.90 Å². The molecule has 5 nitrogen and oxygen atoms in total. The number of hydrogen-bond acceptors (Lipinski definition) is 4. The van der Waals surface area contributed by atoms with Gasteiger partial charge in [0.15, 0.2) is 0 Å². The number of carboxylic acids is 1. The molecule has 22 heavy (non-hydrogen) atoms. The van der Waals surface area contributed by atoms with Gasteiger partial charge in [0.2, 0.25) is 0 Å². The lowest BCUT2D eigenvalue weighted by atomic mass is 9.70. The SMILES string of the molecule is COC[C@]1(O)CCN(Cc2ccccc2C(=O)O)CC1(C)C. The first-order valence-corrected chi connectivity index (χ1v) is 7.54.